The lowest BCUT2D eigenvalue weighted by atomic mass is 10.1. The highest BCUT2D eigenvalue weighted by molar-refractivity contribution is 6.34. The van der Waals surface area contributed by atoms with Crippen molar-refractivity contribution >= 4 is 23.4 Å². The Hall–Kier alpha value is -2.01. The van der Waals surface area contributed by atoms with Crippen molar-refractivity contribution in [3.05, 3.63) is 46.6 Å². The van der Waals surface area contributed by atoms with Gasteiger partial charge in [-0.15, -0.1) is 0 Å². The van der Waals surface area contributed by atoms with Gasteiger partial charge < -0.3 is 13.7 Å². The number of carbonyl (C=O) groups is 2. The molecule has 5 nitrogen and oxygen atoms in total. The lowest BCUT2D eigenvalue weighted by Crippen LogP contribution is -2.14. The highest BCUT2D eigenvalue weighted by Gasteiger charge is 2.33. The largest absolute Gasteiger partial charge is 0.465 e. The molecule has 0 saturated heterocycles. The Labute approximate surface area is 190 Å². The minimum atomic E-state index is -0.309. The van der Waals surface area contributed by atoms with E-state index in [0.29, 0.717) is 30.3 Å². The van der Waals surface area contributed by atoms with Gasteiger partial charge in [0.25, 0.3) is 0 Å². The van der Waals surface area contributed by atoms with Crippen LogP contribution in [0.4, 0.5) is 0 Å². The molecule has 2 aromatic rings. The molecule has 1 atom stereocenters. The van der Waals surface area contributed by atoms with E-state index in [0.717, 1.165) is 18.5 Å². The lowest BCUT2D eigenvalue weighted by molar-refractivity contribution is -0.145. The number of ether oxygens (including phenoxy) is 1. The van der Waals surface area contributed by atoms with E-state index in [1.807, 2.05) is 10.6 Å². The molecular weight excluding hydrogens is 414 g/mol. The van der Waals surface area contributed by atoms with Crippen LogP contribution in [0.15, 0.2) is 28.9 Å². The van der Waals surface area contributed by atoms with Crippen molar-refractivity contribution in [2.45, 2.75) is 90.0 Å². The van der Waals surface area contributed by atoms with Gasteiger partial charge in [0.2, 0.25) is 5.78 Å². The van der Waals surface area contributed by atoms with Gasteiger partial charge in [0, 0.05) is 12.2 Å². The fraction of sp³-hybridized carbons (Fsp3) is 0.600. The number of unbranched alkanes of at least 4 members (excludes halogenated alkanes) is 9. The number of aromatic nitrogens is 1. The molecule has 0 fully saturated rings. The first-order chi connectivity index (χ1) is 15.1. The van der Waals surface area contributed by atoms with E-state index in [1.165, 1.54) is 57.6 Å². The van der Waals surface area contributed by atoms with Crippen LogP contribution < -0.4 is 0 Å². The molecule has 170 valence electrons. The van der Waals surface area contributed by atoms with E-state index in [2.05, 4.69) is 6.92 Å². The van der Waals surface area contributed by atoms with Gasteiger partial charge >= 0.3 is 5.97 Å². The second-order valence-corrected chi connectivity index (χ2v) is 8.82. The Bertz CT molecular complexity index is 854. The van der Waals surface area contributed by atoms with E-state index >= 15 is 0 Å². The van der Waals surface area contributed by atoms with E-state index < -0.39 is 0 Å². The number of nitrogens with zero attached hydrogens (tertiary/aromatic N) is 1. The number of furan rings is 1. The van der Waals surface area contributed by atoms with Crippen LogP contribution >= 0.6 is 11.6 Å². The third-order valence-electron chi connectivity index (χ3n) is 6.10. The maximum absolute atomic E-state index is 12.7. The number of rotatable bonds is 14. The first kappa shape index (κ1) is 23.6. The van der Waals surface area contributed by atoms with Crippen LogP contribution in [0.1, 0.15) is 105 Å². The summed E-state index contributed by atoms with van der Waals surface area (Å²) in [5.41, 5.74) is 1.33. The standard InChI is InChI=1S/C25H34ClNO4/c1-2-3-4-5-6-7-8-9-10-11-17-31-25(29)19-14-16-27-21(19)12-13-22(27)23(28)24-20(26)15-18-30-24/h12-13,15,18-19H,2-11,14,16-17H2,1H3. The molecule has 6 heteroatoms. The zero-order valence-corrected chi connectivity index (χ0v) is 19.3. The monoisotopic (exact) mass is 447 g/mol. The van der Waals surface area contributed by atoms with E-state index in [1.54, 1.807) is 12.1 Å². The maximum Gasteiger partial charge on any atom is 0.315 e. The number of ketones is 1. The van der Waals surface area contributed by atoms with Crippen molar-refractivity contribution in [1.82, 2.24) is 4.57 Å². The number of hydrogen-bond acceptors (Lipinski definition) is 4. The number of carbonyl (C=O) groups excluding carboxylic acids is 2. The predicted molar refractivity (Wildman–Crippen MR) is 122 cm³/mol. The summed E-state index contributed by atoms with van der Waals surface area (Å²) in [5.74, 6) is -0.630. The van der Waals surface area contributed by atoms with Crippen molar-refractivity contribution < 1.29 is 18.7 Å². The fourth-order valence-corrected chi connectivity index (χ4v) is 4.50. The van der Waals surface area contributed by atoms with Crippen molar-refractivity contribution in [2.24, 2.45) is 0 Å². The minimum Gasteiger partial charge on any atom is -0.465 e. The van der Waals surface area contributed by atoms with Crippen LogP contribution in [0, 0.1) is 0 Å². The summed E-state index contributed by atoms with van der Waals surface area (Å²) < 4.78 is 12.6. The third-order valence-corrected chi connectivity index (χ3v) is 6.39. The lowest BCUT2D eigenvalue weighted by Gasteiger charge is -2.10. The van der Waals surface area contributed by atoms with Crippen LogP contribution in [0.2, 0.25) is 5.02 Å². The average Bonchev–Trinajstić information content (AvgIpc) is 3.47. The summed E-state index contributed by atoms with van der Waals surface area (Å²) in [6.07, 6.45) is 14.6. The summed E-state index contributed by atoms with van der Waals surface area (Å²) in [4.78, 5) is 25.3. The summed E-state index contributed by atoms with van der Waals surface area (Å²) in [6.45, 7) is 3.33. The number of esters is 1. The molecule has 0 spiro atoms. The molecular formula is C25H34ClNO4. The summed E-state index contributed by atoms with van der Waals surface area (Å²) in [6, 6.07) is 5.12. The van der Waals surface area contributed by atoms with E-state index in [9.17, 15) is 9.59 Å². The van der Waals surface area contributed by atoms with E-state index in [4.69, 9.17) is 20.8 Å². The normalized spacial score (nSPS) is 15.2. The highest BCUT2D eigenvalue weighted by Crippen LogP contribution is 2.33. The van der Waals surface area contributed by atoms with Crippen LogP contribution in [0.25, 0.3) is 0 Å². The van der Waals surface area contributed by atoms with Crippen LogP contribution in [0.3, 0.4) is 0 Å². The van der Waals surface area contributed by atoms with Gasteiger partial charge in [-0.2, -0.15) is 0 Å². The molecule has 1 unspecified atom stereocenters. The van der Waals surface area contributed by atoms with Crippen molar-refractivity contribution in [2.75, 3.05) is 6.61 Å². The predicted octanol–water partition coefficient (Wildman–Crippen LogP) is 6.92. The summed E-state index contributed by atoms with van der Waals surface area (Å²) >= 11 is 6.02. The first-order valence-corrected chi connectivity index (χ1v) is 12.1. The smallest absolute Gasteiger partial charge is 0.315 e. The second kappa shape index (κ2) is 12.1. The summed E-state index contributed by atoms with van der Waals surface area (Å²) in [7, 11) is 0. The molecule has 1 aliphatic rings. The number of hydrogen-bond donors (Lipinski definition) is 0. The van der Waals surface area contributed by atoms with Gasteiger partial charge in [0.15, 0.2) is 5.76 Å². The summed E-state index contributed by atoms with van der Waals surface area (Å²) in [5, 5.41) is 0.297. The van der Waals surface area contributed by atoms with Crippen molar-refractivity contribution in [1.29, 1.82) is 0 Å². The van der Waals surface area contributed by atoms with Crippen LogP contribution in [0.5, 0.6) is 0 Å². The van der Waals surface area contributed by atoms with Gasteiger partial charge in [-0.25, -0.2) is 0 Å². The molecule has 0 amide bonds. The Kier molecular flexibility index (Phi) is 9.26. The van der Waals surface area contributed by atoms with Gasteiger partial charge in [0.1, 0.15) is 0 Å². The molecule has 0 aromatic carbocycles. The molecule has 1 aliphatic heterocycles. The second-order valence-electron chi connectivity index (χ2n) is 8.41. The Morgan fingerprint density at radius 3 is 2.35 bits per heavy atom. The maximum atomic E-state index is 12.7. The van der Waals surface area contributed by atoms with Crippen molar-refractivity contribution in [3.8, 4) is 0 Å². The van der Waals surface area contributed by atoms with Gasteiger partial charge in [-0.3, -0.25) is 9.59 Å². The van der Waals surface area contributed by atoms with Gasteiger partial charge in [-0.05, 0) is 31.0 Å². The minimum absolute atomic E-state index is 0.134. The van der Waals surface area contributed by atoms with Crippen LogP contribution in [-0.4, -0.2) is 22.9 Å². The molecule has 0 aliphatic carbocycles. The quantitative estimate of drug-likeness (QED) is 0.179. The van der Waals surface area contributed by atoms with Crippen molar-refractivity contribution in [3.63, 3.8) is 0 Å². The Balaban J connectivity index is 1.36. The molecule has 0 radical (unpaired) electrons. The van der Waals surface area contributed by atoms with Crippen LogP contribution in [-0.2, 0) is 16.1 Å². The molecule has 3 heterocycles. The zero-order chi connectivity index (χ0) is 22.1. The first-order valence-electron chi connectivity index (χ1n) is 11.8. The average molecular weight is 448 g/mol. The number of fused-ring (bicyclic) bond motifs is 1. The highest BCUT2D eigenvalue weighted by atomic mass is 35.5. The molecule has 0 bridgehead atoms. The zero-order valence-electron chi connectivity index (χ0n) is 18.5. The fourth-order valence-electron chi connectivity index (χ4n) is 4.32. The molecule has 0 saturated carbocycles. The molecule has 31 heavy (non-hydrogen) atoms. The Morgan fingerprint density at radius 2 is 1.71 bits per heavy atom. The number of halogens is 1. The molecule has 3 rings (SSSR count). The van der Waals surface area contributed by atoms with Gasteiger partial charge in [0.05, 0.1) is 29.5 Å². The topological polar surface area (TPSA) is 61.4 Å². The Morgan fingerprint density at radius 1 is 1.03 bits per heavy atom. The molecule has 2 aromatic heterocycles. The third kappa shape index (κ3) is 6.25. The van der Waals surface area contributed by atoms with E-state index in [-0.39, 0.29) is 23.4 Å². The van der Waals surface area contributed by atoms with Gasteiger partial charge in [-0.1, -0.05) is 76.3 Å². The molecule has 0 N–H and O–H groups in total. The SMILES string of the molecule is CCCCCCCCCCCCOC(=O)C1CCn2c(C(=O)c3occc3Cl)ccc21.